The summed E-state index contributed by atoms with van der Waals surface area (Å²) in [4.78, 5) is 2.34. The Morgan fingerprint density at radius 3 is 2.45 bits per heavy atom. The van der Waals surface area contributed by atoms with Gasteiger partial charge in [0.25, 0.3) is 0 Å². The van der Waals surface area contributed by atoms with Crippen LogP contribution in [0.5, 0.6) is 0 Å². The summed E-state index contributed by atoms with van der Waals surface area (Å²) in [5.74, 6) is 3.57. The normalized spacial score (nSPS) is 24.2. The van der Waals surface area contributed by atoms with E-state index in [1.807, 2.05) is 0 Å². The number of nitrogens with zero attached hydrogens (tertiary/aromatic N) is 1. The summed E-state index contributed by atoms with van der Waals surface area (Å²) in [5, 5.41) is 0. The molecule has 3 rings (SSSR count). The Labute approximate surface area is 81.0 Å². The zero-order chi connectivity index (χ0) is 7.84. The molecule has 0 aromatic carbocycles. The minimum absolute atomic E-state index is 0.784. The fourth-order valence-corrected chi connectivity index (χ4v) is 2.98. The first-order valence-electron chi connectivity index (χ1n) is 3.94. The van der Waals surface area contributed by atoms with E-state index in [4.69, 9.17) is 6.42 Å². The van der Waals surface area contributed by atoms with E-state index < -0.39 is 0 Å². The minimum Gasteiger partial charge on any atom is -0.364 e. The van der Waals surface area contributed by atoms with Crippen molar-refractivity contribution in [1.82, 2.24) is 4.90 Å². The van der Waals surface area contributed by atoms with E-state index in [0.29, 0.717) is 0 Å². The fourth-order valence-electron chi connectivity index (χ4n) is 1.86. The van der Waals surface area contributed by atoms with Gasteiger partial charge in [-0.05, 0) is 41.4 Å². The molecule has 1 saturated heterocycles. The first-order valence-corrected chi connectivity index (χ1v) is 5.02. The summed E-state index contributed by atoms with van der Waals surface area (Å²) in [6.07, 6.45) is 8.04. The summed E-state index contributed by atoms with van der Waals surface area (Å²) >= 11 is 2.41. The van der Waals surface area contributed by atoms with Gasteiger partial charge in [0.2, 0.25) is 0 Å². The van der Waals surface area contributed by atoms with Gasteiger partial charge >= 0.3 is 0 Å². The van der Waals surface area contributed by atoms with Gasteiger partial charge in [0.05, 0.1) is 5.70 Å². The van der Waals surface area contributed by atoms with Gasteiger partial charge < -0.3 is 4.90 Å². The highest BCUT2D eigenvalue weighted by molar-refractivity contribution is 14.1. The summed E-state index contributed by atoms with van der Waals surface area (Å²) < 4.78 is 1.42. The van der Waals surface area contributed by atoms with Crippen molar-refractivity contribution in [2.75, 3.05) is 13.1 Å². The van der Waals surface area contributed by atoms with Gasteiger partial charge in [0, 0.05) is 16.7 Å². The molecule has 58 valence electrons. The molecule has 1 nitrogen and oxygen atoms in total. The highest BCUT2D eigenvalue weighted by atomic mass is 127. The van der Waals surface area contributed by atoms with E-state index >= 15 is 0 Å². The van der Waals surface area contributed by atoms with Crippen molar-refractivity contribution in [3.05, 3.63) is 9.28 Å². The molecule has 2 bridgehead atoms. The van der Waals surface area contributed by atoms with Crippen LogP contribution in [-0.4, -0.2) is 18.0 Å². The monoisotopic (exact) mass is 259 g/mol. The molecule has 2 heteroatoms. The van der Waals surface area contributed by atoms with Crippen LogP contribution in [-0.2, 0) is 0 Å². The average molecular weight is 259 g/mol. The summed E-state index contributed by atoms with van der Waals surface area (Å²) in [6, 6.07) is 0. The Morgan fingerprint density at radius 2 is 2.09 bits per heavy atom. The average Bonchev–Trinajstić information content (AvgIpc) is 2.06. The van der Waals surface area contributed by atoms with Gasteiger partial charge in [-0.2, -0.15) is 0 Å². The van der Waals surface area contributed by atoms with Crippen molar-refractivity contribution in [1.29, 1.82) is 0 Å². The lowest BCUT2D eigenvalue weighted by atomic mass is 9.91. The molecule has 0 aliphatic carbocycles. The Hall–Kier alpha value is -0.170. The lowest BCUT2D eigenvalue weighted by Gasteiger charge is -2.40. The zero-order valence-corrected chi connectivity index (χ0v) is 8.47. The predicted molar refractivity (Wildman–Crippen MR) is 54.2 cm³/mol. The molecule has 0 atom stereocenters. The van der Waals surface area contributed by atoms with Crippen LogP contribution in [0.2, 0.25) is 0 Å². The Morgan fingerprint density at radius 1 is 1.45 bits per heavy atom. The van der Waals surface area contributed by atoms with Crippen molar-refractivity contribution in [2.45, 2.75) is 12.8 Å². The molecule has 0 N–H and O–H groups in total. The molecule has 0 aromatic rings. The van der Waals surface area contributed by atoms with Crippen LogP contribution in [0.25, 0.3) is 0 Å². The van der Waals surface area contributed by atoms with Crippen LogP contribution in [0.3, 0.4) is 0 Å². The number of terminal acetylenes is 1. The summed E-state index contributed by atoms with van der Waals surface area (Å²) in [6.45, 7) is 2.35. The maximum absolute atomic E-state index is 5.43. The lowest BCUT2D eigenvalue weighted by Crippen LogP contribution is -2.38. The van der Waals surface area contributed by atoms with Crippen molar-refractivity contribution < 1.29 is 0 Å². The quantitative estimate of drug-likeness (QED) is 0.475. The van der Waals surface area contributed by atoms with E-state index in [1.54, 1.807) is 0 Å². The molecule has 0 saturated carbocycles. The summed E-state index contributed by atoms with van der Waals surface area (Å²) in [5.41, 5.74) is 1.16. The van der Waals surface area contributed by atoms with Crippen LogP contribution in [0.15, 0.2) is 9.28 Å². The number of halogens is 1. The molecule has 0 aromatic heterocycles. The van der Waals surface area contributed by atoms with Crippen molar-refractivity contribution in [3.63, 3.8) is 0 Å². The van der Waals surface area contributed by atoms with E-state index in [2.05, 4.69) is 33.4 Å². The lowest BCUT2D eigenvalue weighted by molar-refractivity contribution is 0.227. The predicted octanol–water partition coefficient (Wildman–Crippen LogP) is 1.99. The molecule has 0 unspecified atom stereocenters. The Balaban J connectivity index is 2.40. The number of fused-ring (bicyclic) bond motifs is 2. The molecule has 3 aliphatic heterocycles. The Kier molecular flexibility index (Phi) is 1.84. The molecule has 0 radical (unpaired) electrons. The molecule has 1 fully saturated rings. The van der Waals surface area contributed by atoms with Crippen LogP contribution < -0.4 is 0 Å². The summed E-state index contributed by atoms with van der Waals surface area (Å²) in [7, 11) is 0. The second-order valence-corrected chi connectivity index (χ2v) is 4.26. The van der Waals surface area contributed by atoms with E-state index in [-0.39, 0.29) is 0 Å². The third-order valence-corrected chi connectivity index (χ3v) is 3.92. The molecule has 3 aliphatic rings. The van der Waals surface area contributed by atoms with Crippen LogP contribution in [0, 0.1) is 18.3 Å². The van der Waals surface area contributed by atoms with Gasteiger partial charge in [-0.25, -0.2) is 0 Å². The van der Waals surface area contributed by atoms with E-state index in [9.17, 15) is 0 Å². The van der Waals surface area contributed by atoms with Gasteiger partial charge in [0.15, 0.2) is 0 Å². The first-order chi connectivity index (χ1) is 5.33. The van der Waals surface area contributed by atoms with Gasteiger partial charge in [-0.3, -0.25) is 0 Å². The third kappa shape index (κ3) is 1.06. The molecular formula is C9H10IN. The second kappa shape index (κ2) is 2.71. The molecule has 0 amide bonds. The highest BCUT2D eigenvalue weighted by Gasteiger charge is 2.30. The largest absolute Gasteiger partial charge is 0.364 e. The van der Waals surface area contributed by atoms with Crippen LogP contribution in [0.4, 0.5) is 0 Å². The maximum Gasteiger partial charge on any atom is 0.0973 e. The van der Waals surface area contributed by atoms with Crippen LogP contribution in [0.1, 0.15) is 12.8 Å². The van der Waals surface area contributed by atoms with Crippen molar-refractivity contribution in [2.24, 2.45) is 5.92 Å². The van der Waals surface area contributed by atoms with E-state index in [1.165, 1.54) is 29.5 Å². The molecule has 3 heterocycles. The minimum atomic E-state index is 0.784. The van der Waals surface area contributed by atoms with Crippen molar-refractivity contribution >= 4 is 22.6 Å². The maximum atomic E-state index is 5.43. The van der Waals surface area contributed by atoms with Gasteiger partial charge in [-0.1, -0.05) is 5.92 Å². The molecule has 11 heavy (non-hydrogen) atoms. The second-order valence-electron chi connectivity index (χ2n) is 3.10. The zero-order valence-electron chi connectivity index (χ0n) is 6.31. The standard InChI is InChI=1S/C9H10IN/c1-2-8-9(10)7-3-5-11(8)6-4-7/h1,7H,3-6H2. The number of piperidine rings is 1. The number of allylic oxidation sites excluding steroid dienone is 2. The highest BCUT2D eigenvalue weighted by Crippen LogP contribution is 2.38. The molecular weight excluding hydrogens is 249 g/mol. The Bertz CT molecular complexity index is 241. The third-order valence-electron chi connectivity index (χ3n) is 2.53. The first kappa shape index (κ1) is 7.48. The number of rotatable bonds is 0. The molecule has 0 spiro atoms. The van der Waals surface area contributed by atoms with Crippen molar-refractivity contribution in [3.8, 4) is 12.3 Å². The van der Waals surface area contributed by atoms with Gasteiger partial charge in [-0.15, -0.1) is 6.42 Å². The number of hydrogen-bond acceptors (Lipinski definition) is 1. The fraction of sp³-hybridized carbons (Fsp3) is 0.556. The van der Waals surface area contributed by atoms with Crippen LogP contribution >= 0.6 is 22.6 Å². The van der Waals surface area contributed by atoms with E-state index in [0.717, 1.165) is 11.6 Å². The SMILES string of the molecule is C#CC1=C(I)C2CCN1CC2. The topological polar surface area (TPSA) is 3.24 Å². The smallest absolute Gasteiger partial charge is 0.0973 e. The number of hydrogen-bond donors (Lipinski definition) is 0. The van der Waals surface area contributed by atoms with Gasteiger partial charge in [0.1, 0.15) is 0 Å².